The average molecular weight is 341 g/mol. The van der Waals surface area contributed by atoms with Crippen molar-refractivity contribution in [1.29, 1.82) is 0 Å². The summed E-state index contributed by atoms with van der Waals surface area (Å²) in [6.45, 7) is 0.134. The van der Waals surface area contributed by atoms with Gasteiger partial charge in [-0.2, -0.15) is 0 Å². The molecule has 24 heavy (non-hydrogen) atoms. The lowest BCUT2D eigenvalue weighted by Gasteiger charge is -2.07. The lowest BCUT2D eigenvalue weighted by atomic mass is 10.2. The standard InChI is InChI=1S/C18H13ClN2O3/c19-17-10-13(7-9-21-17)12-23-18(22)14-3-5-15(6-4-14)24-16-2-1-8-20-11-16/h1-11H,12H2. The van der Waals surface area contributed by atoms with Gasteiger partial charge >= 0.3 is 5.97 Å². The summed E-state index contributed by atoms with van der Waals surface area (Å²) in [5.41, 5.74) is 1.22. The van der Waals surface area contributed by atoms with E-state index in [-0.39, 0.29) is 6.61 Å². The van der Waals surface area contributed by atoms with Crippen LogP contribution < -0.4 is 4.74 Å². The van der Waals surface area contributed by atoms with Gasteiger partial charge in [0.05, 0.1) is 11.8 Å². The Morgan fingerprint density at radius 2 is 1.88 bits per heavy atom. The fraction of sp³-hybridized carbons (Fsp3) is 0.0556. The third kappa shape index (κ3) is 4.30. The molecule has 0 aliphatic carbocycles. The zero-order valence-corrected chi connectivity index (χ0v) is 13.3. The van der Waals surface area contributed by atoms with Crippen LogP contribution in [0.3, 0.4) is 0 Å². The lowest BCUT2D eigenvalue weighted by Crippen LogP contribution is -2.05. The van der Waals surface area contributed by atoms with E-state index >= 15 is 0 Å². The Kier molecular flexibility index (Phi) is 5.03. The van der Waals surface area contributed by atoms with Gasteiger partial charge in [-0.25, -0.2) is 9.78 Å². The van der Waals surface area contributed by atoms with Gasteiger partial charge in [-0.15, -0.1) is 0 Å². The third-order valence-corrected chi connectivity index (χ3v) is 3.33. The van der Waals surface area contributed by atoms with Crippen molar-refractivity contribution in [2.24, 2.45) is 0 Å². The van der Waals surface area contributed by atoms with Crippen LogP contribution in [0.1, 0.15) is 15.9 Å². The highest BCUT2D eigenvalue weighted by Gasteiger charge is 2.08. The van der Waals surface area contributed by atoms with Crippen molar-refractivity contribution in [3.8, 4) is 11.5 Å². The number of carbonyl (C=O) groups is 1. The minimum Gasteiger partial charge on any atom is -0.457 e. The predicted molar refractivity (Wildman–Crippen MR) is 89.1 cm³/mol. The molecule has 0 radical (unpaired) electrons. The van der Waals surface area contributed by atoms with Crippen LogP contribution in [-0.2, 0) is 11.3 Å². The minimum atomic E-state index is -0.420. The van der Waals surface area contributed by atoms with Gasteiger partial charge in [-0.3, -0.25) is 4.98 Å². The number of pyridine rings is 2. The second-order valence-electron chi connectivity index (χ2n) is 4.88. The number of carbonyl (C=O) groups excluding carboxylic acids is 1. The second kappa shape index (κ2) is 7.57. The molecule has 0 fully saturated rings. The average Bonchev–Trinajstić information content (AvgIpc) is 2.61. The SMILES string of the molecule is O=C(OCc1ccnc(Cl)c1)c1ccc(Oc2cccnc2)cc1. The van der Waals surface area contributed by atoms with Gasteiger partial charge in [0.1, 0.15) is 23.3 Å². The van der Waals surface area contributed by atoms with Gasteiger partial charge in [0, 0.05) is 12.4 Å². The van der Waals surface area contributed by atoms with E-state index in [4.69, 9.17) is 21.1 Å². The molecule has 3 aromatic rings. The summed E-state index contributed by atoms with van der Waals surface area (Å²) in [4.78, 5) is 19.9. The molecule has 0 atom stereocenters. The van der Waals surface area contributed by atoms with Crippen LogP contribution in [0.5, 0.6) is 11.5 Å². The van der Waals surface area contributed by atoms with Gasteiger partial charge in [0.15, 0.2) is 0 Å². The monoisotopic (exact) mass is 340 g/mol. The van der Waals surface area contributed by atoms with Gasteiger partial charge in [-0.1, -0.05) is 11.6 Å². The first-order chi connectivity index (χ1) is 11.7. The molecule has 0 amide bonds. The molecule has 0 saturated carbocycles. The number of hydrogen-bond acceptors (Lipinski definition) is 5. The molecule has 5 nitrogen and oxygen atoms in total. The van der Waals surface area contributed by atoms with Gasteiger partial charge in [0.25, 0.3) is 0 Å². The highest BCUT2D eigenvalue weighted by molar-refractivity contribution is 6.29. The van der Waals surface area contributed by atoms with Crippen molar-refractivity contribution in [2.45, 2.75) is 6.61 Å². The maximum absolute atomic E-state index is 12.1. The van der Waals surface area contributed by atoms with Gasteiger partial charge in [-0.05, 0) is 54.1 Å². The Labute approximate surface area is 143 Å². The highest BCUT2D eigenvalue weighted by Crippen LogP contribution is 2.21. The maximum Gasteiger partial charge on any atom is 0.338 e. The van der Waals surface area contributed by atoms with Crippen LogP contribution in [0.4, 0.5) is 0 Å². The number of aromatic nitrogens is 2. The summed E-state index contributed by atoms with van der Waals surface area (Å²) in [6.07, 6.45) is 4.85. The molecule has 2 aromatic heterocycles. The van der Waals surface area contributed by atoms with Gasteiger partial charge in [0.2, 0.25) is 0 Å². The van der Waals surface area contributed by atoms with Gasteiger partial charge < -0.3 is 9.47 Å². The van der Waals surface area contributed by atoms with E-state index in [9.17, 15) is 4.79 Å². The molecule has 120 valence electrons. The fourth-order valence-electron chi connectivity index (χ4n) is 1.97. The number of rotatable bonds is 5. The van der Waals surface area contributed by atoms with E-state index in [0.29, 0.717) is 22.2 Å². The van der Waals surface area contributed by atoms with E-state index < -0.39 is 5.97 Å². The van der Waals surface area contributed by atoms with Crippen LogP contribution in [0, 0.1) is 0 Å². The fourth-order valence-corrected chi connectivity index (χ4v) is 2.16. The molecule has 3 rings (SSSR count). The summed E-state index contributed by atoms with van der Waals surface area (Å²) >= 11 is 5.79. The molecule has 0 aliphatic rings. The normalized spacial score (nSPS) is 10.2. The Bertz CT molecular complexity index is 823. The third-order valence-electron chi connectivity index (χ3n) is 3.12. The Morgan fingerprint density at radius 1 is 1.04 bits per heavy atom. The van der Waals surface area contributed by atoms with Crippen molar-refractivity contribution in [3.05, 3.63) is 83.4 Å². The van der Waals surface area contributed by atoms with E-state index in [0.717, 1.165) is 5.56 Å². The molecule has 0 unspecified atom stereocenters. The molecular formula is C18H13ClN2O3. The summed E-state index contributed by atoms with van der Waals surface area (Å²) in [5, 5.41) is 0.362. The largest absolute Gasteiger partial charge is 0.457 e. The smallest absolute Gasteiger partial charge is 0.338 e. The van der Waals surface area contributed by atoms with E-state index in [1.807, 2.05) is 0 Å². The predicted octanol–water partition coefficient (Wildman–Crippen LogP) is 4.28. The highest BCUT2D eigenvalue weighted by atomic mass is 35.5. The quantitative estimate of drug-likeness (QED) is 0.512. The molecule has 0 aliphatic heterocycles. The molecule has 1 aromatic carbocycles. The number of hydrogen-bond donors (Lipinski definition) is 0. The maximum atomic E-state index is 12.1. The molecule has 6 heteroatoms. The number of ether oxygens (including phenoxy) is 2. The zero-order chi connectivity index (χ0) is 16.8. The van der Waals surface area contributed by atoms with Crippen molar-refractivity contribution >= 4 is 17.6 Å². The molecule has 2 heterocycles. The second-order valence-corrected chi connectivity index (χ2v) is 5.27. The van der Waals surface area contributed by atoms with Crippen LogP contribution >= 0.6 is 11.6 Å². The lowest BCUT2D eigenvalue weighted by molar-refractivity contribution is 0.0472. The molecular weight excluding hydrogens is 328 g/mol. The van der Waals surface area contributed by atoms with E-state index in [1.54, 1.807) is 67.1 Å². The van der Waals surface area contributed by atoms with Crippen LogP contribution in [0.15, 0.2) is 67.1 Å². The summed E-state index contributed by atoms with van der Waals surface area (Å²) < 4.78 is 10.9. The van der Waals surface area contributed by atoms with E-state index in [2.05, 4.69) is 9.97 Å². The Morgan fingerprint density at radius 3 is 2.58 bits per heavy atom. The van der Waals surface area contributed by atoms with E-state index in [1.165, 1.54) is 0 Å². The van der Waals surface area contributed by atoms with Crippen molar-refractivity contribution in [1.82, 2.24) is 9.97 Å². The first kappa shape index (κ1) is 16.0. The first-order valence-electron chi connectivity index (χ1n) is 7.16. The molecule has 0 saturated heterocycles. The number of esters is 1. The van der Waals surface area contributed by atoms with Crippen LogP contribution in [0.25, 0.3) is 0 Å². The number of nitrogens with zero attached hydrogens (tertiary/aromatic N) is 2. The molecule has 0 N–H and O–H groups in total. The van der Waals surface area contributed by atoms with Crippen molar-refractivity contribution in [2.75, 3.05) is 0 Å². The summed E-state index contributed by atoms with van der Waals surface area (Å²) in [5.74, 6) is 0.818. The molecule has 0 spiro atoms. The molecule has 0 bridgehead atoms. The first-order valence-corrected chi connectivity index (χ1v) is 7.54. The van der Waals surface area contributed by atoms with Crippen LogP contribution in [-0.4, -0.2) is 15.9 Å². The minimum absolute atomic E-state index is 0.134. The topological polar surface area (TPSA) is 61.3 Å². The summed E-state index contributed by atoms with van der Waals surface area (Å²) in [7, 11) is 0. The van der Waals surface area contributed by atoms with Crippen LogP contribution in [0.2, 0.25) is 5.15 Å². The Hall–Kier alpha value is -2.92. The number of halogens is 1. The number of benzene rings is 1. The zero-order valence-electron chi connectivity index (χ0n) is 12.6. The van der Waals surface area contributed by atoms with Crippen molar-refractivity contribution < 1.29 is 14.3 Å². The Balaban J connectivity index is 1.59. The summed E-state index contributed by atoms with van der Waals surface area (Å²) in [6, 6.07) is 13.7. The van der Waals surface area contributed by atoms with Crippen molar-refractivity contribution in [3.63, 3.8) is 0 Å².